The van der Waals surface area contributed by atoms with Gasteiger partial charge in [0.2, 0.25) is 0 Å². The lowest BCUT2D eigenvalue weighted by atomic mass is 9.98. The Morgan fingerprint density at radius 2 is 0.570 bits per heavy atom. The number of unbranched alkanes of at least 4 members (excludes halogenated alkanes) is 40. The molecule has 0 saturated heterocycles. The minimum Gasteiger partial charge on any atom is -0.448 e. The number of hydrogen-bond acceptors (Lipinski definition) is 6. The summed E-state index contributed by atoms with van der Waals surface area (Å²) in [5, 5.41) is 4.60. The Hall–Kier alpha value is -4.82. The van der Waals surface area contributed by atoms with Crippen molar-refractivity contribution in [2.24, 2.45) is 0 Å². The Labute approximate surface area is 630 Å². The SMILES string of the molecule is CCCCCCCCCCCCCC1(CCCCCCCCCCCCC)Oc2cc3c(cc2O1)-c1cc2[nH]c(cc4nc(cc5[nH]c(cc-3n1)c1cc(I)ccc51)-c1cc3c(cc1-4)OC(CCCCCCCCCCCCC)(CCCCCCCCCCCCC)O3)c1c(I)cccc21. The summed E-state index contributed by atoms with van der Waals surface area (Å²) < 4.78 is 31.5. The maximum absolute atomic E-state index is 7.30. The highest BCUT2D eigenvalue weighted by molar-refractivity contribution is 14.1. The molecule has 11 rings (SSSR count). The minimum atomic E-state index is -0.681. The molecule has 100 heavy (non-hydrogen) atoms. The van der Waals surface area contributed by atoms with Crippen molar-refractivity contribution in [3.8, 4) is 68.0 Å². The predicted octanol–water partition coefficient (Wildman–Crippen LogP) is 30.2. The second-order valence-electron chi connectivity index (χ2n) is 30.7. The van der Waals surface area contributed by atoms with Gasteiger partial charge in [0.1, 0.15) is 0 Å². The van der Waals surface area contributed by atoms with E-state index in [2.05, 4.69) is 168 Å². The normalized spacial score (nSPS) is 13.9. The number of ether oxygens (including phenoxy) is 4. The Morgan fingerprint density at radius 1 is 0.290 bits per heavy atom. The number of H-pyrrole nitrogens is 2. The molecule has 0 radical (unpaired) electrons. The Morgan fingerprint density at radius 3 is 0.900 bits per heavy atom. The highest BCUT2D eigenvalue weighted by Gasteiger charge is 2.43. The lowest BCUT2D eigenvalue weighted by Gasteiger charge is -2.28. The molecule has 4 aromatic carbocycles. The molecular formula is C90H124I2N4O4. The first kappa shape index (κ1) is 76.3. The molecule has 7 aromatic rings. The van der Waals surface area contributed by atoms with Gasteiger partial charge in [-0.2, -0.15) is 0 Å². The van der Waals surface area contributed by atoms with Crippen LogP contribution < -0.4 is 18.9 Å². The summed E-state index contributed by atoms with van der Waals surface area (Å²) in [5.41, 5.74) is 11.9. The molecular weight excluding hydrogens is 1450 g/mol. The molecule has 8 nitrogen and oxygen atoms in total. The fraction of sp³-hybridized carbons (Fsp3) is 0.600. The molecule has 542 valence electrons. The van der Waals surface area contributed by atoms with Crippen LogP contribution in [0.4, 0.5) is 0 Å². The maximum Gasteiger partial charge on any atom is 0.251 e. The Balaban J connectivity index is 0.899. The second-order valence-corrected chi connectivity index (χ2v) is 33.1. The fourth-order valence-electron chi connectivity index (χ4n) is 16.5. The summed E-state index contributed by atoms with van der Waals surface area (Å²) in [5.74, 6) is 1.98. The van der Waals surface area contributed by atoms with Crippen LogP contribution in [-0.4, -0.2) is 31.5 Å². The van der Waals surface area contributed by atoms with Gasteiger partial charge in [0.05, 0.1) is 22.8 Å². The maximum atomic E-state index is 7.30. The van der Waals surface area contributed by atoms with Gasteiger partial charge in [0.25, 0.3) is 11.6 Å². The van der Waals surface area contributed by atoms with Crippen LogP contribution in [0.1, 0.15) is 336 Å². The van der Waals surface area contributed by atoms with E-state index in [1.165, 1.54) is 269 Å². The van der Waals surface area contributed by atoms with E-state index in [1.807, 2.05) is 0 Å². The quantitative estimate of drug-likeness (QED) is 0.0291. The van der Waals surface area contributed by atoms with E-state index in [-0.39, 0.29) is 0 Å². The molecule has 0 saturated carbocycles. The zero-order chi connectivity index (χ0) is 69.2. The number of benzene rings is 4. The van der Waals surface area contributed by atoms with Crippen LogP contribution in [0.5, 0.6) is 23.0 Å². The number of nitrogens with one attached hydrogen (secondary N) is 2. The molecule has 0 amide bonds. The topological polar surface area (TPSA) is 94.3 Å². The minimum absolute atomic E-state index is 0.681. The van der Waals surface area contributed by atoms with Gasteiger partial charge < -0.3 is 28.9 Å². The van der Waals surface area contributed by atoms with Gasteiger partial charge in [-0.3, -0.25) is 0 Å². The van der Waals surface area contributed by atoms with Crippen molar-refractivity contribution in [3.63, 3.8) is 0 Å². The van der Waals surface area contributed by atoms with Crippen molar-refractivity contribution < 1.29 is 18.9 Å². The van der Waals surface area contributed by atoms with Gasteiger partial charge in [-0.1, -0.05) is 303 Å². The number of aromatic amines is 2. The van der Waals surface area contributed by atoms with E-state index in [1.54, 1.807) is 0 Å². The summed E-state index contributed by atoms with van der Waals surface area (Å²) in [6, 6.07) is 31.5. The van der Waals surface area contributed by atoms with Gasteiger partial charge in [0.15, 0.2) is 23.0 Å². The van der Waals surface area contributed by atoms with E-state index in [0.717, 1.165) is 158 Å². The molecule has 0 fully saturated rings. The lowest BCUT2D eigenvalue weighted by molar-refractivity contribution is -0.0953. The van der Waals surface area contributed by atoms with Gasteiger partial charge in [0, 0.05) is 98.7 Å². The van der Waals surface area contributed by atoms with Crippen molar-refractivity contribution in [2.75, 3.05) is 0 Å². The standard InChI is InChI=1S/C90H124I2N4O4/c1-5-9-13-17-21-25-29-33-37-41-45-54-89(55-46-42-38-34-30-26-22-18-14-10-6-2)97-84-59-71-72(60-85(84)98-89)81-65-78-70-58-67(91)52-53-68(70)76(93-78)63-79-73-61-86-87(62-74(73)82(95-79)66-83-88-69(50-49-51-75(88)92)77(96-83)64-80(71)94-81)100-90(99-86,56-47-43-39-35-31-27-23-19-15-11-7-3)57-48-44-40-36-32-28-24-20-16-12-8-4/h49-53,58-66,93,96H,5-48,54-57H2,1-4H3. The molecule has 0 aliphatic carbocycles. The summed E-state index contributed by atoms with van der Waals surface area (Å²) in [7, 11) is 0. The number of hydrogen-bond donors (Lipinski definition) is 2. The monoisotopic (exact) mass is 1580 g/mol. The molecule has 8 bridgehead atoms. The van der Waals surface area contributed by atoms with Crippen LogP contribution in [0.15, 0.2) is 84.9 Å². The van der Waals surface area contributed by atoms with Crippen LogP contribution >= 0.6 is 45.2 Å². The highest BCUT2D eigenvalue weighted by Crippen LogP contribution is 2.53. The third kappa shape index (κ3) is 21.0. The average Bonchev–Trinajstić information content (AvgIpc) is 1.59. The molecule has 0 spiro atoms. The van der Waals surface area contributed by atoms with Gasteiger partial charge >= 0.3 is 0 Å². The van der Waals surface area contributed by atoms with Crippen LogP contribution in [0.2, 0.25) is 0 Å². The first-order chi connectivity index (χ1) is 49.2. The van der Waals surface area contributed by atoms with Crippen LogP contribution in [-0.2, 0) is 0 Å². The number of aromatic nitrogens is 4. The zero-order valence-electron chi connectivity index (χ0n) is 62.3. The summed E-state index contributed by atoms with van der Waals surface area (Å²) in [4.78, 5) is 19.2. The van der Waals surface area contributed by atoms with Gasteiger partial charge in [-0.15, -0.1) is 0 Å². The lowest BCUT2D eigenvalue weighted by Crippen LogP contribution is -2.38. The predicted molar refractivity (Wildman–Crippen MR) is 443 cm³/mol. The third-order valence-electron chi connectivity index (χ3n) is 22.4. The zero-order valence-corrected chi connectivity index (χ0v) is 66.6. The van der Waals surface area contributed by atoms with E-state index >= 15 is 0 Å². The molecule has 2 N–H and O–H groups in total. The van der Waals surface area contributed by atoms with Crippen molar-refractivity contribution in [2.45, 2.75) is 347 Å². The van der Waals surface area contributed by atoms with Gasteiger partial charge in [-0.25, -0.2) is 9.97 Å². The van der Waals surface area contributed by atoms with E-state index in [0.29, 0.717) is 0 Å². The Kier molecular flexibility index (Phi) is 30.4. The fourth-order valence-corrected chi connectivity index (χ4v) is 17.8. The average molecular weight is 1580 g/mol. The van der Waals surface area contributed by atoms with Gasteiger partial charge in [-0.05, 0) is 138 Å². The molecule has 0 atom stereocenters. The smallest absolute Gasteiger partial charge is 0.251 e. The summed E-state index contributed by atoms with van der Waals surface area (Å²) >= 11 is 4.99. The van der Waals surface area contributed by atoms with Crippen molar-refractivity contribution in [1.82, 2.24) is 19.9 Å². The second kappa shape index (κ2) is 39.9. The first-order valence-corrected chi connectivity index (χ1v) is 43.4. The molecule has 7 heterocycles. The molecule has 3 aromatic heterocycles. The molecule has 4 aliphatic heterocycles. The first-order valence-electron chi connectivity index (χ1n) is 41.2. The molecule has 10 heteroatoms. The van der Waals surface area contributed by atoms with Crippen molar-refractivity contribution in [1.29, 1.82) is 0 Å². The number of fused-ring (bicyclic) bond motifs is 22. The summed E-state index contributed by atoms with van der Waals surface area (Å²) in [6.07, 6.45) is 61.5. The largest absolute Gasteiger partial charge is 0.448 e. The molecule has 0 unspecified atom stereocenters. The Bertz CT molecular complexity index is 3740. The van der Waals surface area contributed by atoms with E-state index < -0.39 is 11.6 Å². The van der Waals surface area contributed by atoms with E-state index in [4.69, 9.17) is 28.9 Å². The van der Waals surface area contributed by atoms with Crippen molar-refractivity contribution >= 4 is 88.8 Å². The summed E-state index contributed by atoms with van der Waals surface area (Å²) in [6.45, 7) is 9.23. The van der Waals surface area contributed by atoms with Crippen LogP contribution in [0.3, 0.4) is 0 Å². The molecule has 4 aliphatic rings. The third-order valence-corrected chi connectivity index (χ3v) is 24.0. The van der Waals surface area contributed by atoms with Crippen LogP contribution in [0.25, 0.3) is 88.6 Å². The number of rotatable bonds is 48. The van der Waals surface area contributed by atoms with Crippen LogP contribution in [0, 0.1) is 7.14 Å². The number of halogens is 2. The van der Waals surface area contributed by atoms with E-state index in [9.17, 15) is 0 Å². The highest BCUT2D eigenvalue weighted by atomic mass is 127. The van der Waals surface area contributed by atoms with Crippen molar-refractivity contribution in [3.05, 3.63) is 92.1 Å². The number of nitrogens with zero attached hydrogens (tertiary/aromatic N) is 2.